The van der Waals surface area contributed by atoms with Crippen LogP contribution in [0.1, 0.15) is 42.8 Å². The van der Waals surface area contributed by atoms with Crippen molar-refractivity contribution in [1.82, 2.24) is 9.78 Å². The van der Waals surface area contributed by atoms with Gasteiger partial charge < -0.3 is 5.11 Å². The lowest BCUT2D eigenvalue weighted by atomic mass is 9.89. The van der Waals surface area contributed by atoms with E-state index >= 15 is 0 Å². The summed E-state index contributed by atoms with van der Waals surface area (Å²) in [6.45, 7) is 1.95. The normalized spacial score (nSPS) is 22.4. The van der Waals surface area contributed by atoms with E-state index < -0.39 is 35.9 Å². The molecule has 19 heavy (non-hydrogen) atoms. The Labute approximate surface area is 106 Å². The number of hydrogen-bond donors (Lipinski definition) is 1. The van der Waals surface area contributed by atoms with Crippen LogP contribution in [-0.4, -0.2) is 20.8 Å². The lowest BCUT2D eigenvalue weighted by Crippen LogP contribution is -2.33. The molecule has 8 heteroatoms. The zero-order valence-electron chi connectivity index (χ0n) is 10.1. The lowest BCUT2D eigenvalue weighted by Gasteiger charge is -2.28. The molecule has 0 aromatic carbocycles. The van der Waals surface area contributed by atoms with E-state index in [1.807, 2.05) is 0 Å². The standard InChI is InChI=1S/C11H13F5N2O/c1-2-5-18-6-3-4-10(12,13)9(19)7(6)8(17-18)11(14,15)16/h9,19H,2-5H2,1H3. The third-order valence-corrected chi connectivity index (χ3v) is 3.17. The molecule has 1 aromatic heterocycles. The summed E-state index contributed by atoms with van der Waals surface area (Å²) >= 11 is 0. The molecule has 1 unspecified atom stereocenters. The highest BCUT2D eigenvalue weighted by atomic mass is 19.4. The van der Waals surface area contributed by atoms with Crippen molar-refractivity contribution < 1.29 is 27.1 Å². The number of nitrogens with zero attached hydrogens (tertiary/aromatic N) is 2. The molecule has 108 valence electrons. The number of halogens is 5. The Morgan fingerprint density at radius 1 is 1.42 bits per heavy atom. The average Bonchev–Trinajstić information content (AvgIpc) is 2.64. The molecule has 0 amide bonds. The van der Waals surface area contributed by atoms with E-state index in [1.54, 1.807) is 6.92 Å². The van der Waals surface area contributed by atoms with E-state index in [0.717, 1.165) is 4.68 Å². The van der Waals surface area contributed by atoms with E-state index in [9.17, 15) is 27.1 Å². The van der Waals surface area contributed by atoms with Gasteiger partial charge in [0.05, 0.1) is 0 Å². The van der Waals surface area contributed by atoms with Crippen LogP contribution in [0.15, 0.2) is 0 Å². The second kappa shape index (κ2) is 4.43. The lowest BCUT2D eigenvalue weighted by molar-refractivity contribution is -0.150. The van der Waals surface area contributed by atoms with Crippen molar-refractivity contribution in [1.29, 1.82) is 0 Å². The fourth-order valence-corrected chi connectivity index (χ4v) is 2.30. The second-order valence-corrected chi connectivity index (χ2v) is 4.59. The van der Waals surface area contributed by atoms with Gasteiger partial charge in [0.1, 0.15) is 6.10 Å². The molecule has 0 bridgehead atoms. The minimum absolute atomic E-state index is 0.0626. The highest BCUT2D eigenvalue weighted by Gasteiger charge is 2.51. The number of aryl methyl sites for hydroxylation is 1. The summed E-state index contributed by atoms with van der Waals surface area (Å²) in [6, 6.07) is 0. The molecule has 0 radical (unpaired) electrons. The minimum atomic E-state index is -4.85. The highest BCUT2D eigenvalue weighted by molar-refractivity contribution is 5.35. The van der Waals surface area contributed by atoms with Gasteiger partial charge in [0.25, 0.3) is 5.92 Å². The van der Waals surface area contributed by atoms with Gasteiger partial charge in [0.15, 0.2) is 5.69 Å². The molecule has 3 nitrogen and oxygen atoms in total. The first kappa shape index (κ1) is 14.2. The number of aliphatic hydroxyl groups excluding tert-OH is 1. The number of aromatic nitrogens is 2. The fourth-order valence-electron chi connectivity index (χ4n) is 2.30. The SMILES string of the molecule is CCCn1nc(C(F)(F)F)c2c1CCC(F)(F)C2O. The highest BCUT2D eigenvalue weighted by Crippen LogP contribution is 2.46. The third-order valence-electron chi connectivity index (χ3n) is 3.17. The summed E-state index contributed by atoms with van der Waals surface area (Å²) in [5, 5.41) is 12.9. The van der Waals surface area contributed by atoms with Gasteiger partial charge in [-0.3, -0.25) is 4.68 Å². The quantitative estimate of drug-likeness (QED) is 0.848. The fraction of sp³-hybridized carbons (Fsp3) is 0.727. The molecule has 2 rings (SSSR count). The predicted molar refractivity (Wildman–Crippen MR) is 55.7 cm³/mol. The van der Waals surface area contributed by atoms with Gasteiger partial charge >= 0.3 is 6.18 Å². The number of hydrogen-bond acceptors (Lipinski definition) is 2. The molecular formula is C11H13F5N2O. The summed E-state index contributed by atoms with van der Waals surface area (Å²) in [4.78, 5) is 0. The van der Waals surface area contributed by atoms with Crippen LogP contribution in [0.5, 0.6) is 0 Å². The molecule has 1 aliphatic rings. The molecule has 0 aliphatic heterocycles. The zero-order valence-corrected chi connectivity index (χ0v) is 10.1. The van der Waals surface area contributed by atoms with Crippen molar-refractivity contribution in [3.05, 3.63) is 17.0 Å². The van der Waals surface area contributed by atoms with Crippen LogP contribution in [0, 0.1) is 0 Å². The molecular weight excluding hydrogens is 271 g/mol. The van der Waals surface area contributed by atoms with Crippen molar-refractivity contribution >= 4 is 0 Å². The molecule has 0 saturated carbocycles. The minimum Gasteiger partial charge on any atom is -0.382 e. The molecule has 0 fully saturated rings. The number of aliphatic hydroxyl groups is 1. The Bertz CT molecular complexity index is 480. The molecule has 1 aliphatic carbocycles. The molecule has 0 spiro atoms. The van der Waals surface area contributed by atoms with Gasteiger partial charge in [-0.25, -0.2) is 8.78 Å². The summed E-state index contributed by atoms with van der Waals surface area (Å²) in [5.41, 5.74) is -2.10. The Hall–Kier alpha value is -1.18. The summed E-state index contributed by atoms with van der Waals surface area (Å²) in [5.74, 6) is -3.55. The van der Waals surface area contributed by atoms with Gasteiger partial charge in [-0.2, -0.15) is 18.3 Å². The van der Waals surface area contributed by atoms with Gasteiger partial charge in [0.2, 0.25) is 0 Å². The van der Waals surface area contributed by atoms with Crippen molar-refractivity contribution in [2.75, 3.05) is 0 Å². The van der Waals surface area contributed by atoms with Crippen molar-refractivity contribution in [3.8, 4) is 0 Å². The number of alkyl halides is 5. The van der Waals surface area contributed by atoms with Crippen LogP contribution in [0.2, 0.25) is 0 Å². The van der Waals surface area contributed by atoms with E-state index in [0.29, 0.717) is 6.42 Å². The van der Waals surface area contributed by atoms with Gasteiger partial charge in [-0.1, -0.05) is 6.92 Å². The van der Waals surface area contributed by atoms with Crippen LogP contribution in [-0.2, 0) is 19.1 Å². The zero-order chi connectivity index (χ0) is 14.4. The van der Waals surface area contributed by atoms with Crippen molar-refractivity contribution in [2.24, 2.45) is 0 Å². The Morgan fingerprint density at radius 2 is 2.05 bits per heavy atom. The maximum atomic E-state index is 13.4. The predicted octanol–water partition coefficient (Wildman–Crippen LogP) is 2.93. The molecule has 1 aromatic rings. The first-order valence-electron chi connectivity index (χ1n) is 5.91. The van der Waals surface area contributed by atoms with Crippen LogP contribution in [0.3, 0.4) is 0 Å². The van der Waals surface area contributed by atoms with Crippen molar-refractivity contribution in [3.63, 3.8) is 0 Å². The second-order valence-electron chi connectivity index (χ2n) is 4.59. The summed E-state index contributed by atoms with van der Waals surface area (Å²) in [6.07, 6.45) is -7.66. The van der Waals surface area contributed by atoms with Gasteiger partial charge in [-0.05, 0) is 12.8 Å². The Balaban J connectivity index is 2.59. The first-order valence-corrected chi connectivity index (χ1v) is 5.91. The molecule has 1 heterocycles. The summed E-state index contributed by atoms with van der Waals surface area (Å²) < 4.78 is 66.3. The Kier molecular flexibility index (Phi) is 3.32. The number of rotatable bonds is 2. The van der Waals surface area contributed by atoms with Gasteiger partial charge in [0, 0.05) is 24.2 Å². The van der Waals surface area contributed by atoms with E-state index in [1.165, 1.54) is 0 Å². The Morgan fingerprint density at radius 3 is 2.58 bits per heavy atom. The summed E-state index contributed by atoms with van der Waals surface area (Å²) in [7, 11) is 0. The monoisotopic (exact) mass is 284 g/mol. The first-order chi connectivity index (χ1) is 8.68. The number of fused-ring (bicyclic) bond motifs is 1. The van der Waals surface area contributed by atoms with Crippen LogP contribution in [0.25, 0.3) is 0 Å². The maximum absolute atomic E-state index is 13.4. The smallest absolute Gasteiger partial charge is 0.382 e. The van der Waals surface area contributed by atoms with E-state index in [4.69, 9.17) is 0 Å². The maximum Gasteiger partial charge on any atom is 0.435 e. The molecule has 1 N–H and O–H groups in total. The van der Waals surface area contributed by atoms with Crippen LogP contribution in [0.4, 0.5) is 22.0 Å². The van der Waals surface area contributed by atoms with Gasteiger partial charge in [-0.15, -0.1) is 0 Å². The average molecular weight is 284 g/mol. The largest absolute Gasteiger partial charge is 0.435 e. The third kappa shape index (κ3) is 2.33. The molecule has 1 atom stereocenters. The van der Waals surface area contributed by atoms with E-state index in [2.05, 4.69) is 5.10 Å². The topological polar surface area (TPSA) is 38.0 Å². The van der Waals surface area contributed by atoms with Crippen LogP contribution < -0.4 is 0 Å². The van der Waals surface area contributed by atoms with E-state index in [-0.39, 0.29) is 18.7 Å². The van der Waals surface area contributed by atoms with Crippen LogP contribution >= 0.6 is 0 Å². The molecule has 0 saturated heterocycles. The van der Waals surface area contributed by atoms with Crippen molar-refractivity contribution in [2.45, 2.75) is 50.9 Å².